The molecule has 1 aromatic carbocycles. The minimum atomic E-state index is 0.456. The van der Waals surface area contributed by atoms with Gasteiger partial charge < -0.3 is 9.94 Å². The monoisotopic (exact) mass is 215 g/mol. The lowest BCUT2D eigenvalue weighted by Gasteiger charge is -2.11. The summed E-state index contributed by atoms with van der Waals surface area (Å²) < 4.78 is 5.33. The van der Waals surface area contributed by atoms with Crippen molar-refractivity contribution in [3.8, 4) is 5.75 Å². The summed E-state index contributed by atoms with van der Waals surface area (Å²) in [5.74, 6) is 0.661. The Bertz CT molecular complexity index is 302. The van der Waals surface area contributed by atoms with E-state index in [2.05, 4.69) is 0 Å². The molecule has 0 unspecified atom stereocenters. The van der Waals surface area contributed by atoms with Gasteiger partial charge in [0, 0.05) is 13.6 Å². The van der Waals surface area contributed by atoms with Gasteiger partial charge in [-0.2, -0.15) is 5.06 Å². The molecule has 0 amide bonds. The van der Waals surface area contributed by atoms with Gasteiger partial charge in [-0.25, -0.2) is 0 Å². The summed E-state index contributed by atoms with van der Waals surface area (Å²) >= 11 is 5.91. The van der Waals surface area contributed by atoms with Gasteiger partial charge in [0.1, 0.15) is 5.75 Å². The van der Waals surface area contributed by atoms with Crippen LogP contribution < -0.4 is 4.74 Å². The first-order chi connectivity index (χ1) is 6.63. The number of nitrogens with zero attached hydrogens (tertiary/aromatic N) is 1. The van der Waals surface area contributed by atoms with Crippen molar-refractivity contribution in [2.45, 2.75) is 13.5 Å². The van der Waals surface area contributed by atoms with Crippen molar-refractivity contribution in [3.05, 3.63) is 28.8 Å². The Kier molecular flexibility index (Phi) is 4.20. The quantitative estimate of drug-likeness (QED) is 0.784. The van der Waals surface area contributed by atoms with E-state index < -0.39 is 0 Å². The Labute approximate surface area is 88.8 Å². The van der Waals surface area contributed by atoms with Crippen molar-refractivity contribution in [2.24, 2.45) is 0 Å². The lowest BCUT2D eigenvalue weighted by molar-refractivity contribution is -0.0731. The second-order valence-electron chi connectivity index (χ2n) is 3.01. The minimum Gasteiger partial charge on any atom is -0.492 e. The number of hydrogen-bond acceptors (Lipinski definition) is 3. The maximum Gasteiger partial charge on any atom is 0.138 e. The summed E-state index contributed by atoms with van der Waals surface area (Å²) in [6.07, 6.45) is 0. The van der Waals surface area contributed by atoms with Gasteiger partial charge in [0.05, 0.1) is 11.6 Å². The highest BCUT2D eigenvalue weighted by molar-refractivity contribution is 6.32. The highest BCUT2D eigenvalue weighted by Crippen LogP contribution is 2.25. The van der Waals surface area contributed by atoms with Crippen LogP contribution in [0.5, 0.6) is 5.75 Å². The lowest BCUT2D eigenvalue weighted by Crippen LogP contribution is -2.11. The van der Waals surface area contributed by atoms with Gasteiger partial charge in [-0.15, -0.1) is 0 Å². The van der Waals surface area contributed by atoms with E-state index in [1.807, 2.05) is 19.1 Å². The van der Waals surface area contributed by atoms with E-state index in [1.165, 1.54) is 0 Å². The van der Waals surface area contributed by atoms with E-state index in [-0.39, 0.29) is 0 Å². The number of hydrogen-bond donors (Lipinski definition) is 1. The Hall–Kier alpha value is -0.770. The van der Waals surface area contributed by atoms with E-state index in [1.54, 1.807) is 13.1 Å². The summed E-state index contributed by atoms with van der Waals surface area (Å²) in [4.78, 5) is 0. The first-order valence-electron chi connectivity index (χ1n) is 4.44. The maximum atomic E-state index is 9.06. The predicted molar refractivity (Wildman–Crippen MR) is 55.9 cm³/mol. The van der Waals surface area contributed by atoms with Crippen LogP contribution in [-0.4, -0.2) is 23.9 Å². The summed E-state index contributed by atoms with van der Waals surface area (Å²) in [5.41, 5.74) is 0.961. The molecule has 1 aromatic rings. The number of rotatable bonds is 4. The number of ether oxygens (including phenoxy) is 1. The second-order valence-corrected chi connectivity index (χ2v) is 3.42. The van der Waals surface area contributed by atoms with Crippen LogP contribution in [-0.2, 0) is 6.54 Å². The van der Waals surface area contributed by atoms with Crippen molar-refractivity contribution in [1.29, 1.82) is 0 Å². The van der Waals surface area contributed by atoms with E-state index in [9.17, 15) is 0 Å². The number of benzene rings is 1. The van der Waals surface area contributed by atoms with Crippen LogP contribution in [0.3, 0.4) is 0 Å². The SMILES string of the molecule is CCOc1cc(CN(C)O)ccc1Cl. The molecular weight excluding hydrogens is 202 g/mol. The molecule has 0 aliphatic heterocycles. The molecule has 0 saturated carbocycles. The Morgan fingerprint density at radius 3 is 2.79 bits per heavy atom. The summed E-state index contributed by atoms with van der Waals surface area (Å²) in [5, 5.41) is 10.8. The van der Waals surface area contributed by atoms with Crippen molar-refractivity contribution in [2.75, 3.05) is 13.7 Å². The Balaban J connectivity index is 2.83. The highest BCUT2D eigenvalue weighted by atomic mass is 35.5. The van der Waals surface area contributed by atoms with E-state index in [4.69, 9.17) is 21.5 Å². The molecular formula is C10H14ClNO2. The standard InChI is InChI=1S/C10H14ClNO2/c1-3-14-10-6-8(7-12(2)13)4-5-9(10)11/h4-6,13H,3,7H2,1-2H3. The number of hydroxylamine groups is 2. The van der Waals surface area contributed by atoms with Gasteiger partial charge in [0.2, 0.25) is 0 Å². The number of halogens is 1. The molecule has 0 atom stereocenters. The first-order valence-corrected chi connectivity index (χ1v) is 4.82. The fourth-order valence-corrected chi connectivity index (χ4v) is 1.35. The molecule has 4 heteroatoms. The summed E-state index contributed by atoms with van der Waals surface area (Å²) in [6, 6.07) is 5.46. The van der Waals surface area contributed by atoms with Gasteiger partial charge in [-0.05, 0) is 24.6 Å². The Morgan fingerprint density at radius 2 is 2.21 bits per heavy atom. The van der Waals surface area contributed by atoms with Crippen LogP contribution in [0.1, 0.15) is 12.5 Å². The van der Waals surface area contributed by atoms with Crippen molar-refractivity contribution >= 4 is 11.6 Å². The van der Waals surface area contributed by atoms with Gasteiger partial charge in [-0.3, -0.25) is 0 Å². The molecule has 78 valence electrons. The molecule has 0 aromatic heterocycles. The van der Waals surface area contributed by atoms with Crippen LogP contribution in [0.2, 0.25) is 5.02 Å². The smallest absolute Gasteiger partial charge is 0.138 e. The molecule has 0 radical (unpaired) electrons. The second kappa shape index (κ2) is 5.20. The molecule has 0 bridgehead atoms. The summed E-state index contributed by atoms with van der Waals surface area (Å²) in [7, 11) is 1.59. The van der Waals surface area contributed by atoms with E-state index in [0.29, 0.717) is 23.9 Å². The zero-order valence-corrected chi connectivity index (χ0v) is 9.08. The molecule has 3 nitrogen and oxygen atoms in total. The average molecular weight is 216 g/mol. The van der Waals surface area contributed by atoms with E-state index in [0.717, 1.165) is 10.6 Å². The lowest BCUT2D eigenvalue weighted by atomic mass is 10.2. The van der Waals surface area contributed by atoms with Crippen LogP contribution >= 0.6 is 11.6 Å². The average Bonchev–Trinajstić information content (AvgIpc) is 2.10. The fourth-order valence-electron chi connectivity index (χ4n) is 1.18. The third-order valence-corrected chi connectivity index (χ3v) is 2.02. The molecule has 14 heavy (non-hydrogen) atoms. The fraction of sp³-hybridized carbons (Fsp3) is 0.400. The molecule has 0 spiro atoms. The highest BCUT2D eigenvalue weighted by Gasteiger charge is 2.03. The molecule has 0 heterocycles. The van der Waals surface area contributed by atoms with Gasteiger partial charge >= 0.3 is 0 Å². The molecule has 1 N–H and O–H groups in total. The van der Waals surface area contributed by atoms with Crippen molar-refractivity contribution in [3.63, 3.8) is 0 Å². The molecule has 1 rings (SSSR count). The van der Waals surface area contributed by atoms with E-state index >= 15 is 0 Å². The van der Waals surface area contributed by atoms with Crippen molar-refractivity contribution < 1.29 is 9.94 Å². The normalized spacial score (nSPS) is 10.6. The predicted octanol–water partition coefficient (Wildman–Crippen LogP) is 2.56. The first kappa shape index (κ1) is 11.3. The largest absolute Gasteiger partial charge is 0.492 e. The third-order valence-electron chi connectivity index (χ3n) is 1.71. The Morgan fingerprint density at radius 1 is 1.50 bits per heavy atom. The molecule has 0 aliphatic carbocycles. The van der Waals surface area contributed by atoms with Crippen LogP contribution in [0.15, 0.2) is 18.2 Å². The minimum absolute atomic E-state index is 0.456. The topological polar surface area (TPSA) is 32.7 Å². The van der Waals surface area contributed by atoms with Crippen molar-refractivity contribution in [1.82, 2.24) is 5.06 Å². The molecule has 0 saturated heterocycles. The maximum absolute atomic E-state index is 9.06. The molecule has 0 fully saturated rings. The van der Waals surface area contributed by atoms with Crippen LogP contribution in [0.25, 0.3) is 0 Å². The van der Waals surface area contributed by atoms with Crippen LogP contribution in [0.4, 0.5) is 0 Å². The zero-order chi connectivity index (χ0) is 10.6. The van der Waals surface area contributed by atoms with Crippen LogP contribution in [0, 0.1) is 0 Å². The molecule has 0 aliphatic rings. The summed E-state index contributed by atoms with van der Waals surface area (Å²) in [6.45, 7) is 2.94. The van der Waals surface area contributed by atoms with Gasteiger partial charge in [0.25, 0.3) is 0 Å². The van der Waals surface area contributed by atoms with Gasteiger partial charge in [-0.1, -0.05) is 17.7 Å². The zero-order valence-electron chi connectivity index (χ0n) is 8.33. The van der Waals surface area contributed by atoms with Gasteiger partial charge in [0.15, 0.2) is 0 Å². The third kappa shape index (κ3) is 3.18.